The van der Waals surface area contributed by atoms with Gasteiger partial charge in [-0.2, -0.15) is 5.10 Å². The fourth-order valence-electron chi connectivity index (χ4n) is 2.62. The Morgan fingerprint density at radius 3 is 2.65 bits per heavy atom. The molecular formula is C14H16N2O. The Balaban J connectivity index is 2.00. The molecule has 2 unspecified atom stereocenters. The molecule has 1 heterocycles. The first-order valence-corrected chi connectivity index (χ1v) is 6.13. The van der Waals surface area contributed by atoms with E-state index < -0.39 is 0 Å². The van der Waals surface area contributed by atoms with Crippen molar-refractivity contribution in [2.75, 3.05) is 0 Å². The third-order valence-corrected chi connectivity index (χ3v) is 3.50. The second-order valence-corrected chi connectivity index (χ2v) is 4.59. The van der Waals surface area contributed by atoms with Crippen molar-refractivity contribution in [1.29, 1.82) is 0 Å². The van der Waals surface area contributed by atoms with Crippen molar-refractivity contribution in [1.82, 2.24) is 9.78 Å². The number of benzene rings is 1. The summed E-state index contributed by atoms with van der Waals surface area (Å²) >= 11 is 0. The second-order valence-electron chi connectivity index (χ2n) is 4.59. The first-order valence-electron chi connectivity index (χ1n) is 6.13. The van der Waals surface area contributed by atoms with Crippen LogP contribution in [0.25, 0.3) is 11.3 Å². The molecule has 2 aromatic rings. The van der Waals surface area contributed by atoms with Crippen LogP contribution in [-0.2, 0) is 0 Å². The number of aromatic nitrogens is 2. The Morgan fingerprint density at radius 2 is 1.94 bits per heavy atom. The molecule has 1 fully saturated rings. The summed E-state index contributed by atoms with van der Waals surface area (Å²) in [5, 5.41) is 14.4. The summed E-state index contributed by atoms with van der Waals surface area (Å²) in [5.41, 5.74) is 2.25. The molecule has 0 saturated heterocycles. The van der Waals surface area contributed by atoms with Gasteiger partial charge in [0.15, 0.2) is 0 Å². The molecule has 1 saturated carbocycles. The molecule has 1 N–H and O–H groups in total. The normalized spacial score (nSPS) is 24.1. The highest BCUT2D eigenvalue weighted by Gasteiger charge is 2.28. The van der Waals surface area contributed by atoms with Crippen LogP contribution in [0, 0.1) is 0 Å². The summed E-state index contributed by atoms with van der Waals surface area (Å²) in [7, 11) is 0. The third-order valence-electron chi connectivity index (χ3n) is 3.50. The number of aliphatic hydroxyl groups excluding tert-OH is 1. The molecule has 88 valence electrons. The smallest absolute Gasteiger partial charge is 0.0785 e. The summed E-state index contributed by atoms with van der Waals surface area (Å²) in [6.45, 7) is 0. The second kappa shape index (κ2) is 4.34. The van der Waals surface area contributed by atoms with Crippen LogP contribution in [0.15, 0.2) is 42.6 Å². The van der Waals surface area contributed by atoms with Gasteiger partial charge in [-0.15, -0.1) is 0 Å². The molecule has 0 bridgehead atoms. The third kappa shape index (κ3) is 1.87. The van der Waals surface area contributed by atoms with E-state index in [2.05, 4.69) is 17.2 Å². The van der Waals surface area contributed by atoms with Gasteiger partial charge < -0.3 is 5.11 Å². The maximum absolute atomic E-state index is 9.97. The van der Waals surface area contributed by atoms with Crippen molar-refractivity contribution in [2.45, 2.75) is 31.4 Å². The minimum Gasteiger partial charge on any atom is -0.391 e. The number of nitrogens with zero attached hydrogens (tertiary/aromatic N) is 2. The van der Waals surface area contributed by atoms with Gasteiger partial charge in [0, 0.05) is 6.20 Å². The molecule has 3 nitrogen and oxygen atoms in total. The molecular weight excluding hydrogens is 212 g/mol. The highest BCUT2D eigenvalue weighted by molar-refractivity contribution is 5.59. The lowest BCUT2D eigenvalue weighted by Crippen LogP contribution is -2.20. The Morgan fingerprint density at radius 1 is 1.12 bits per heavy atom. The van der Waals surface area contributed by atoms with E-state index in [1.165, 1.54) is 0 Å². The highest BCUT2D eigenvalue weighted by Crippen LogP contribution is 2.33. The van der Waals surface area contributed by atoms with E-state index in [0.29, 0.717) is 0 Å². The fraction of sp³-hybridized carbons (Fsp3) is 0.357. The summed E-state index contributed by atoms with van der Waals surface area (Å²) < 4.78 is 1.98. The Labute approximate surface area is 101 Å². The van der Waals surface area contributed by atoms with E-state index in [1.807, 2.05) is 35.1 Å². The van der Waals surface area contributed by atoms with Crippen molar-refractivity contribution in [2.24, 2.45) is 0 Å². The lowest BCUT2D eigenvalue weighted by molar-refractivity contribution is 0.131. The predicted octanol–water partition coefficient (Wildman–Crippen LogP) is 2.64. The minimum absolute atomic E-state index is 0.139. The Kier molecular flexibility index (Phi) is 2.69. The average molecular weight is 228 g/mol. The maximum atomic E-state index is 9.97. The van der Waals surface area contributed by atoms with Crippen LogP contribution >= 0.6 is 0 Å². The van der Waals surface area contributed by atoms with Crippen LogP contribution in [-0.4, -0.2) is 21.0 Å². The van der Waals surface area contributed by atoms with Crippen LogP contribution in [0.3, 0.4) is 0 Å². The zero-order valence-corrected chi connectivity index (χ0v) is 9.66. The van der Waals surface area contributed by atoms with E-state index in [4.69, 9.17) is 0 Å². The van der Waals surface area contributed by atoms with Crippen molar-refractivity contribution in [3.05, 3.63) is 42.6 Å². The van der Waals surface area contributed by atoms with Crippen molar-refractivity contribution >= 4 is 0 Å². The number of aliphatic hydroxyl groups is 1. The van der Waals surface area contributed by atoms with Gasteiger partial charge in [-0.3, -0.25) is 4.68 Å². The molecule has 1 aliphatic rings. The van der Waals surface area contributed by atoms with E-state index in [9.17, 15) is 5.11 Å². The summed E-state index contributed by atoms with van der Waals surface area (Å²) in [5.74, 6) is 0. The number of rotatable bonds is 2. The molecule has 3 rings (SSSR count). The zero-order chi connectivity index (χ0) is 11.7. The van der Waals surface area contributed by atoms with Crippen molar-refractivity contribution in [3.8, 4) is 11.3 Å². The highest BCUT2D eigenvalue weighted by atomic mass is 16.3. The molecule has 2 atom stereocenters. The number of hydrogen-bond donors (Lipinski definition) is 1. The van der Waals surface area contributed by atoms with E-state index in [-0.39, 0.29) is 12.1 Å². The first-order chi connectivity index (χ1) is 8.36. The van der Waals surface area contributed by atoms with E-state index in [0.717, 1.165) is 30.5 Å². The molecule has 0 spiro atoms. The molecule has 1 aliphatic carbocycles. The fourth-order valence-corrected chi connectivity index (χ4v) is 2.62. The molecule has 3 heteroatoms. The predicted molar refractivity (Wildman–Crippen MR) is 66.6 cm³/mol. The molecule has 1 aromatic carbocycles. The molecule has 0 amide bonds. The minimum atomic E-state index is -0.252. The lowest BCUT2D eigenvalue weighted by atomic mass is 10.1. The Bertz CT molecular complexity index is 492. The summed E-state index contributed by atoms with van der Waals surface area (Å²) in [6.07, 6.45) is 4.55. The van der Waals surface area contributed by atoms with Gasteiger partial charge in [0.1, 0.15) is 0 Å². The lowest BCUT2D eigenvalue weighted by Gasteiger charge is -2.18. The van der Waals surface area contributed by atoms with Gasteiger partial charge in [-0.05, 0) is 30.9 Å². The Hall–Kier alpha value is -1.61. The molecule has 0 radical (unpaired) electrons. The van der Waals surface area contributed by atoms with Gasteiger partial charge >= 0.3 is 0 Å². The average Bonchev–Trinajstić information content (AvgIpc) is 2.98. The van der Waals surface area contributed by atoms with Crippen LogP contribution in [0.4, 0.5) is 0 Å². The first kappa shape index (κ1) is 10.5. The largest absolute Gasteiger partial charge is 0.391 e. The van der Waals surface area contributed by atoms with Crippen molar-refractivity contribution in [3.63, 3.8) is 0 Å². The monoisotopic (exact) mass is 228 g/mol. The van der Waals surface area contributed by atoms with Crippen LogP contribution in [0.1, 0.15) is 25.3 Å². The van der Waals surface area contributed by atoms with E-state index >= 15 is 0 Å². The van der Waals surface area contributed by atoms with Gasteiger partial charge in [0.05, 0.1) is 17.8 Å². The van der Waals surface area contributed by atoms with Crippen LogP contribution in [0.5, 0.6) is 0 Å². The van der Waals surface area contributed by atoms with Crippen molar-refractivity contribution < 1.29 is 5.11 Å². The summed E-state index contributed by atoms with van der Waals surface area (Å²) in [6, 6.07) is 12.4. The van der Waals surface area contributed by atoms with Crippen LogP contribution < -0.4 is 0 Å². The quantitative estimate of drug-likeness (QED) is 0.858. The SMILES string of the molecule is OC1CCCC1n1nccc1-c1ccccc1. The standard InChI is InChI=1S/C14H16N2O/c17-14-8-4-7-13(14)16-12(9-10-15-16)11-5-2-1-3-6-11/h1-3,5-6,9-10,13-14,17H,4,7-8H2. The summed E-state index contributed by atoms with van der Waals surface area (Å²) in [4.78, 5) is 0. The van der Waals surface area contributed by atoms with E-state index in [1.54, 1.807) is 0 Å². The van der Waals surface area contributed by atoms with Gasteiger partial charge in [0.2, 0.25) is 0 Å². The molecule has 17 heavy (non-hydrogen) atoms. The molecule has 1 aromatic heterocycles. The zero-order valence-electron chi connectivity index (χ0n) is 9.66. The number of hydrogen-bond acceptors (Lipinski definition) is 2. The van der Waals surface area contributed by atoms with Gasteiger partial charge in [-0.25, -0.2) is 0 Å². The van der Waals surface area contributed by atoms with Gasteiger partial charge in [0.25, 0.3) is 0 Å². The maximum Gasteiger partial charge on any atom is 0.0785 e. The van der Waals surface area contributed by atoms with Gasteiger partial charge in [-0.1, -0.05) is 30.3 Å². The topological polar surface area (TPSA) is 38.0 Å². The van der Waals surface area contributed by atoms with Crippen LogP contribution in [0.2, 0.25) is 0 Å². The molecule has 0 aliphatic heterocycles.